The smallest absolute Gasteiger partial charge is 0.227 e. The van der Waals surface area contributed by atoms with E-state index in [0.29, 0.717) is 11.9 Å². The molecule has 0 radical (unpaired) electrons. The average molecular weight is 319 g/mol. The number of benzene rings is 2. The molecule has 0 spiro atoms. The molecule has 0 bridgehead atoms. The van der Waals surface area contributed by atoms with Gasteiger partial charge in [0.1, 0.15) is 6.33 Å². The van der Waals surface area contributed by atoms with Crippen LogP contribution in [0.5, 0.6) is 0 Å². The summed E-state index contributed by atoms with van der Waals surface area (Å²) in [5.74, 6) is 1.20. The van der Waals surface area contributed by atoms with Gasteiger partial charge in [-0.25, -0.2) is 9.97 Å². The predicted molar refractivity (Wildman–Crippen MR) is 97.1 cm³/mol. The van der Waals surface area contributed by atoms with Gasteiger partial charge in [0, 0.05) is 13.1 Å². The number of aromatic nitrogens is 3. The highest BCUT2D eigenvalue weighted by Crippen LogP contribution is 2.05. The normalized spacial score (nSPS) is 10.3. The van der Waals surface area contributed by atoms with Gasteiger partial charge < -0.3 is 10.6 Å². The van der Waals surface area contributed by atoms with Crippen molar-refractivity contribution in [3.63, 3.8) is 0 Å². The summed E-state index contributed by atoms with van der Waals surface area (Å²) in [6, 6.07) is 20.7. The summed E-state index contributed by atoms with van der Waals surface area (Å²) >= 11 is 0. The summed E-state index contributed by atoms with van der Waals surface area (Å²) in [7, 11) is 0. The number of hydrogen-bond acceptors (Lipinski definition) is 5. The van der Waals surface area contributed by atoms with Crippen LogP contribution in [0.3, 0.4) is 0 Å². The molecule has 0 saturated heterocycles. The van der Waals surface area contributed by atoms with Gasteiger partial charge in [-0.2, -0.15) is 4.98 Å². The van der Waals surface area contributed by atoms with Crippen LogP contribution in [0.4, 0.5) is 11.9 Å². The van der Waals surface area contributed by atoms with E-state index in [4.69, 9.17) is 0 Å². The van der Waals surface area contributed by atoms with E-state index >= 15 is 0 Å². The van der Waals surface area contributed by atoms with Crippen molar-refractivity contribution in [1.29, 1.82) is 0 Å². The van der Waals surface area contributed by atoms with E-state index in [0.717, 1.165) is 25.9 Å². The molecule has 0 saturated carbocycles. The predicted octanol–water partition coefficient (Wildman–Crippen LogP) is 3.18. The molecule has 0 aliphatic heterocycles. The molecule has 0 atom stereocenters. The molecule has 5 nitrogen and oxygen atoms in total. The van der Waals surface area contributed by atoms with Crippen molar-refractivity contribution >= 4 is 11.9 Å². The molecule has 0 aliphatic carbocycles. The average Bonchev–Trinajstić information content (AvgIpc) is 2.64. The summed E-state index contributed by atoms with van der Waals surface area (Å²) in [6.07, 6.45) is 3.40. The van der Waals surface area contributed by atoms with Crippen molar-refractivity contribution in [1.82, 2.24) is 15.0 Å². The maximum absolute atomic E-state index is 4.39. The van der Waals surface area contributed by atoms with Crippen LogP contribution >= 0.6 is 0 Å². The zero-order valence-electron chi connectivity index (χ0n) is 13.5. The molecule has 2 aromatic carbocycles. The third kappa shape index (κ3) is 5.05. The molecule has 1 heterocycles. The van der Waals surface area contributed by atoms with Crippen LogP contribution in [0.2, 0.25) is 0 Å². The lowest BCUT2D eigenvalue weighted by molar-refractivity contribution is 0.939. The number of anilines is 2. The Hall–Kier alpha value is -2.95. The summed E-state index contributed by atoms with van der Waals surface area (Å²) in [5, 5.41) is 6.48. The highest BCUT2D eigenvalue weighted by Gasteiger charge is 2.00. The van der Waals surface area contributed by atoms with Gasteiger partial charge in [0.2, 0.25) is 11.9 Å². The van der Waals surface area contributed by atoms with Crippen molar-refractivity contribution in [3.05, 3.63) is 78.1 Å². The van der Waals surface area contributed by atoms with Gasteiger partial charge in [-0.1, -0.05) is 60.7 Å². The van der Waals surface area contributed by atoms with Gasteiger partial charge >= 0.3 is 0 Å². The van der Waals surface area contributed by atoms with Gasteiger partial charge in [-0.15, -0.1) is 0 Å². The first-order chi connectivity index (χ1) is 11.9. The highest BCUT2D eigenvalue weighted by atomic mass is 15.2. The van der Waals surface area contributed by atoms with E-state index in [-0.39, 0.29) is 0 Å². The minimum atomic E-state index is 0.600. The minimum Gasteiger partial charge on any atom is -0.354 e. The topological polar surface area (TPSA) is 62.7 Å². The second-order valence-corrected chi connectivity index (χ2v) is 5.46. The molecule has 0 unspecified atom stereocenters. The molecule has 2 N–H and O–H groups in total. The Morgan fingerprint density at radius 2 is 1.08 bits per heavy atom. The first-order valence-electron chi connectivity index (χ1n) is 8.15. The van der Waals surface area contributed by atoms with Crippen molar-refractivity contribution in [3.8, 4) is 0 Å². The summed E-state index contributed by atoms with van der Waals surface area (Å²) < 4.78 is 0. The number of rotatable bonds is 8. The van der Waals surface area contributed by atoms with E-state index in [1.165, 1.54) is 17.5 Å². The zero-order valence-corrected chi connectivity index (χ0v) is 13.5. The minimum absolute atomic E-state index is 0.600. The van der Waals surface area contributed by atoms with E-state index in [1.54, 1.807) is 0 Å². The lowest BCUT2D eigenvalue weighted by Crippen LogP contribution is -2.12. The molecule has 0 aliphatic rings. The van der Waals surface area contributed by atoms with E-state index in [1.807, 2.05) is 36.4 Å². The highest BCUT2D eigenvalue weighted by molar-refractivity contribution is 5.33. The molecular weight excluding hydrogens is 298 g/mol. The Balaban J connectivity index is 1.45. The van der Waals surface area contributed by atoms with Gasteiger partial charge in [0.15, 0.2) is 0 Å². The molecule has 0 fully saturated rings. The van der Waals surface area contributed by atoms with Crippen LogP contribution in [0, 0.1) is 0 Å². The molecule has 3 aromatic rings. The largest absolute Gasteiger partial charge is 0.354 e. The Kier molecular flexibility index (Phi) is 5.72. The molecule has 3 rings (SSSR count). The standard InChI is InChI=1S/C19H21N5/c1-3-7-16(8-4-1)11-13-20-18-22-15-23-19(24-18)21-14-12-17-9-5-2-6-10-17/h1-10,15H,11-14H2,(H2,20,21,22,23,24). The summed E-state index contributed by atoms with van der Waals surface area (Å²) in [5.41, 5.74) is 2.58. The Morgan fingerprint density at radius 1 is 0.625 bits per heavy atom. The molecule has 1 aromatic heterocycles. The second kappa shape index (κ2) is 8.62. The maximum atomic E-state index is 4.39. The molecular formula is C19H21N5. The Morgan fingerprint density at radius 3 is 1.54 bits per heavy atom. The fourth-order valence-corrected chi connectivity index (χ4v) is 2.39. The van der Waals surface area contributed by atoms with Crippen LogP contribution in [0.1, 0.15) is 11.1 Å². The summed E-state index contributed by atoms with van der Waals surface area (Å²) in [6.45, 7) is 1.58. The fraction of sp³-hybridized carbons (Fsp3) is 0.211. The Bertz CT molecular complexity index is 670. The van der Waals surface area contributed by atoms with Crippen molar-refractivity contribution in [2.45, 2.75) is 12.8 Å². The first-order valence-corrected chi connectivity index (χ1v) is 8.15. The third-order valence-electron chi connectivity index (χ3n) is 3.65. The summed E-state index contributed by atoms with van der Waals surface area (Å²) in [4.78, 5) is 12.7. The van der Waals surface area contributed by atoms with Gasteiger partial charge in [0.05, 0.1) is 0 Å². The number of nitrogens with zero attached hydrogens (tertiary/aromatic N) is 3. The Labute approximate surface area is 142 Å². The maximum Gasteiger partial charge on any atom is 0.227 e. The lowest BCUT2D eigenvalue weighted by Gasteiger charge is -2.07. The van der Waals surface area contributed by atoms with Crippen LogP contribution in [0.15, 0.2) is 67.0 Å². The van der Waals surface area contributed by atoms with E-state index < -0.39 is 0 Å². The number of nitrogens with one attached hydrogen (secondary N) is 2. The second-order valence-electron chi connectivity index (χ2n) is 5.46. The quantitative estimate of drug-likeness (QED) is 0.668. The van der Waals surface area contributed by atoms with Crippen LogP contribution < -0.4 is 10.6 Å². The monoisotopic (exact) mass is 319 g/mol. The van der Waals surface area contributed by atoms with Crippen LogP contribution in [0.25, 0.3) is 0 Å². The van der Waals surface area contributed by atoms with Gasteiger partial charge in [-0.3, -0.25) is 0 Å². The van der Waals surface area contributed by atoms with Crippen molar-refractivity contribution < 1.29 is 0 Å². The first kappa shape index (κ1) is 15.9. The van der Waals surface area contributed by atoms with Crippen molar-refractivity contribution in [2.75, 3.05) is 23.7 Å². The molecule has 0 amide bonds. The lowest BCUT2D eigenvalue weighted by atomic mass is 10.1. The molecule has 24 heavy (non-hydrogen) atoms. The van der Waals surface area contributed by atoms with Crippen molar-refractivity contribution in [2.24, 2.45) is 0 Å². The molecule has 5 heteroatoms. The SMILES string of the molecule is c1ccc(CCNc2ncnc(NCCc3ccccc3)n2)cc1. The van der Waals surface area contributed by atoms with Crippen LogP contribution in [-0.2, 0) is 12.8 Å². The zero-order chi connectivity index (χ0) is 16.5. The van der Waals surface area contributed by atoms with E-state index in [2.05, 4.69) is 49.9 Å². The van der Waals surface area contributed by atoms with E-state index in [9.17, 15) is 0 Å². The third-order valence-corrected chi connectivity index (χ3v) is 3.65. The number of hydrogen-bond donors (Lipinski definition) is 2. The van der Waals surface area contributed by atoms with Gasteiger partial charge in [-0.05, 0) is 24.0 Å². The fourth-order valence-electron chi connectivity index (χ4n) is 2.39. The van der Waals surface area contributed by atoms with Crippen LogP contribution in [-0.4, -0.2) is 28.0 Å². The van der Waals surface area contributed by atoms with Gasteiger partial charge in [0.25, 0.3) is 0 Å². The molecule has 122 valence electrons.